The van der Waals surface area contributed by atoms with Crippen LogP contribution in [0.4, 0.5) is 0 Å². The van der Waals surface area contributed by atoms with E-state index in [2.05, 4.69) is 22.4 Å². The van der Waals surface area contributed by atoms with Gasteiger partial charge in [0.05, 0.1) is 0 Å². The van der Waals surface area contributed by atoms with Gasteiger partial charge in [-0.1, -0.05) is 24.6 Å². The molecule has 0 amide bonds. The van der Waals surface area contributed by atoms with E-state index in [0.29, 0.717) is 0 Å². The van der Waals surface area contributed by atoms with Crippen LogP contribution < -0.4 is 5.73 Å². The van der Waals surface area contributed by atoms with Crippen molar-refractivity contribution in [3.63, 3.8) is 0 Å². The number of aryl methyl sites for hydroxylation is 1. The lowest BCUT2D eigenvalue weighted by molar-refractivity contribution is 0.640. The lowest BCUT2D eigenvalue weighted by atomic mass is 10.0. The molecule has 2 rings (SSSR count). The van der Waals surface area contributed by atoms with E-state index in [1.807, 2.05) is 25.2 Å². The number of benzene rings is 1. The van der Waals surface area contributed by atoms with E-state index in [4.69, 9.17) is 17.3 Å². The summed E-state index contributed by atoms with van der Waals surface area (Å²) in [5.41, 5.74) is 7.09. The van der Waals surface area contributed by atoms with E-state index in [0.717, 1.165) is 33.5 Å². The molecule has 0 saturated heterocycles. The molecule has 1 heterocycles. The third kappa shape index (κ3) is 3.46. The zero-order chi connectivity index (χ0) is 13.8. The lowest BCUT2D eigenvalue weighted by Gasteiger charge is -2.14. The van der Waals surface area contributed by atoms with Gasteiger partial charge in [-0.2, -0.15) is 0 Å². The van der Waals surface area contributed by atoms with E-state index >= 15 is 0 Å². The largest absolute Gasteiger partial charge is 0.327 e. The van der Waals surface area contributed by atoms with E-state index in [1.165, 1.54) is 11.8 Å². The Morgan fingerprint density at radius 2 is 2.26 bits per heavy atom. The number of nitrogens with zero attached hydrogens (tertiary/aromatic N) is 4. The number of aromatic nitrogens is 4. The number of tetrazole rings is 1. The van der Waals surface area contributed by atoms with Crippen molar-refractivity contribution in [2.45, 2.75) is 35.9 Å². The molecular formula is C12H16ClN5S. The monoisotopic (exact) mass is 297 g/mol. The fraction of sp³-hybridized carbons (Fsp3) is 0.417. The molecule has 0 spiro atoms. The van der Waals surface area contributed by atoms with E-state index in [-0.39, 0.29) is 6.04 Å². The van der Waals surface area contributed by atoms with E-state index in [9.17, 15) is 0 Å². The number of nitrogens with two attached hydrogens (primary N) is 1. The number of halogens is 1. The fourth-order valence-electron chi connectivity index (χ4n) is 1.65. The Kier molecular flexibility index (Phi) is 4.79. The fourth-order valence-corrected chi connectivity index (χ4v) is 2.86. The summed E-state index contributed by atoms with van der Waals surface area (Å²) in [4.78, 5) is 1.05. The summed E-state index contributed by atoms with van der Waals surface area (Å²) < 4.78 is 1.63. The predicted octanol–water partition coefficient (Wildman–Crippen LogP) is 2.29. The van der Waals surface area contributed by atoms with Crippen LogP contribution in [-0.4, -0.2) is 26.2 Å². The molecule has 0 aliphatic rings. The SMILES string of the molecule is CCC(N)Cc1c(Cl)cccc1Sc1nnnn1C. The van der Waals surface area contributed by atoms with Crippen molar-refractivity contribution in [1.29, 1.82) is 0 Å². The van der Waals surface area contributed by atoms with Gasteiger partial charge in [-0.25, -0.2) is 4.68 Å². The Labute approximate surface area is 121 Å². The molecule has 0 saturated carbocycles. The first-order chi connectivity index (χ1) is 9.11. The van der Waals surface area contributed by atoms with Crippen molar-refractivity contribution in [3.8, 4) is 0 Å². The minimum absolute atomic E-state index is 0.108. The minimum atomic E-state index is 0.108. The first-order valence-electron chi connectivity index (χ1n) is 6.05. The van der Waals surface area contributed by atoms with E-state index < -0.39 is 0 Å². The standard InChI is InChI=1S/C12H16ClN5S/c1-3-8(14)7-9-10(13)5-4-6-11(9)19-12-15-16-17-18(12)2/h4-6,8H,3,7,14H2,1-2H3. The highest BCUT2D eigenvalue weighted by molar-refractivity contribution is 7.99. The maximum atomic E-state index is 6.28. The Hall–Kier alpha value is -1.11. The van der Waals surface area contributed by atoms with Gasteiger partial charge in [0.15, 0.2) is 0 Å². The zero-order valence-corrected chi connectivity index (χ0v) is 12.4. The molecule has 102 valence electrons. The van der Waals surface area contributed by atoms with Gasteiger partial charge in [0.25, 0.3) is 0 Å². The first kappa shape index (κ1) is 14.3. The maximum Gasteiger partial charge on any atom is 0.213 e. The highest BCUT2D eigenvalue weighted by Gasteiger charge is 2.14. The van der Waals surface area contributed by atoms with Gasteiger partial charge < -0.3 is 5.73 Å². The third-order valence-corrected chi connectivity index (χ3v) is 4.33. The highest BCUT2D eigenvalue weighted by Crippen LogP contribution is 2.33. The van der Waals surface area contributed by atoms with E-state index in [1.54, 1.807) is 4.68 Å². The highest BCUT2D eigenvalue weighted by atomic mass is 35.5. The Morgan fingerprint density at radius 3 is 2.89 bits per heavy atom. The van der Waals surface area contributed by atoms with Crippen LogP contribution in [0.3, 0.4) is 0 Å². The molecule has 2 aromatic rings. The molecule has 2 N–H and O–H groups in total. The smallest absolute Gasteiger partial charge is 0.213 e. The van der Waals surface area contributed by atoms with Crippen LogP contribution in [0.2, 0.25) is 5.02 Å². The van der Waals surface area contributed by atoms with Crippen molar-refractivity contribution in [1.82, 2.24) is 20.2 Å². The molecule has 1 aromatic carbocycles. The molecule has 7 heteroatoms. The van der Waals surface area contributed by atoms with Crippen LogP contribution in [0.15, 0.2) is 28.3 Å². The molecule has 1 unspecified atom stereocenters. The first-order valence-corrected chi connectivity index (χ1v) is 7.24. The Bertz CT molecular complexity index is 557. The summed E-state index contributed by atoms with van der Waals surface area (Å²) in [5.74, 6) is 0. The lowest BCUT2D eigenvalue weighted by Crippen LogP contribution is -2.21. The molecule has 5 nitrogen and oxygen atoms in total. The van der Waals surface area contributed by atoms with Crippen LogP contribution in [0.5, 0.6) is 0 Å². The van der Waals surface area contributed by atoms with Gasteiger partial charge in [-0.3, -0.25) is 0 Å². The van der Waals surface area contributed by atoms with Crippen molar-refractivity contribution in [2.75, 3.05) is 0 Å². The third-order valence-electron chi connectivity index (χ3n) is 2.85. The molecule has 0 aliphatic carbocycles. The Morgan fingerprint density at radius 1 is 1.47 bits per heavy atom. The summed E-state index contributed by atoms with van der Waals surface area (Å²) >= 11 is 7.78. The van der Waals surface area contributed by atoms with Crippen LogP contribution >= 0.6 is 23.4 Å². The molecule has 1 aromatic heterocycles. The number of hydrogen-bond donors (Lipinski definition) is 1. The maximum absolute atomic E-state index is 6.28. The van der Waals surface area contributed by atoms with Crippen LogP contribution in [0.25, 0.3) is 0 Å². The van der Waals surface area contributed by atoms with Crippen LogP contribution in [0, 0.1) is 0 Å². The van der Waals surface area contributed by atoms with Crippen LogP contribution in [-0.2, 0) is 13.5 Å². The van der Waals surface area contributed by atoms with Crippen molar-refractivity contribution >= 4 is 23.4 Å². The topological polar surface area (TPSA) is 69.6 Å². The molecular weight excluding hydrogens is 282 g/mol. The molecule has 0 bridgehead atoms. The number of hydrogen-bond acceptors (Lipinski definition) is 5. The second-order valence-corrected chi connectivity index (χ2v) is 5.69. The molecule has 0 aliphatic heterocycles. The Balaban J connectivity index is 2.29. The van der Waals surface area contributed by atoms with Gasteiger partial charge in [-0.05, 0) is 52.7 Å². The summed E-state index contributed by atoms with van der Waals surface area (Å²) in [6.45, 7) is 2.07. The average Bonchev–Trinajstić information content (AvgIpc) is 2.79. The molecule has 19 heavy (non-hydrogen) atoms. The summed E-state index contributed by atoms with van der Waals surface area (Å²) in [7, 11) is 1.81. The van der Waals surface area contributed by atoms with Gasteiger partial charge in [-0.15, -0.1) is 5.10 Å². The molecule has 1 atom stereocenters. The van der Waals surface area contributed by atoms with Gasteiger partial charge in [0.2, 0.25) is 5.16 Å². The second-order valence-electron chi connectivity index (χ2n) is 4.28. The molecule has 0 fully saturated rings. The van der Waals surface area contributed by atoms with Crippen molar-refractivity contribution < 1.29 is 0 Å². The normalized spacial score (nSPS) is 12.6. The van der Waals surface area contributed by atoms with Crippen molar-refractivity contribution in [2.24, 2.45) is 12.8 Å². The van der Waals surface area contributed by atoms with Gasteiger partial charge >= 0.3 is 0 Å². The summed E-state index contributed by atoms with van der Waals surface area (Å²) in [5, 5.41) is 12.9. The van der Waals surface area contributed by atoms with Crippen molar-refractivity contribution in [3.05, 3.63) is 28.8 Å². The minimum Gasteiger partial charge on any atom is -0.327 e. The van der Waals surface area contributed by atoms with Gasteiger partial charge in [0.1, 0.15) is 0 Å². The average molecular weight is 298 g/mol. The van der Waals surface area contributed by atoms with Gasteiger partial charge in [0, 0.05) is 23.0 Å². The summed E-state index contributed by atoms with van der Waals surface area (Å²) in [6.07, 6.45) is 1.67. The molecule has 0 radical (unpaired) electrons. The predicted molar refractivity (Wildman–Crippen MR) is 76.3 cm³/mol. The zero-order valence-electron chi connectivity index (χ0n) is 10.9. The second kappa shape index (κ2) is 6.36. The quantitative estimate of drug-likeness (QED) is 0.917. The summed E-state index contributed by atoms with van der Waals surface area (Å²) in [6, 6.07) is 5.94. The number of rotatable bonds is 5. The van der Waals surface area contributed by atoms with Crippen LogP contribution in [0.1, 0.15) is 18.9 Å².